The molecule has 0 atom stereocenters. The normalized spacial score (nSPS) is 13.2. The monoisotopic (exact) mass is 213 g/mol. The van der Waals surface area contributed by atoms with Gasteiger partial charge >= 0.3 is 0 Å². The Morgan fingerprint density at radius 3 is 2.69 bits per heavy atom. The van der Waals surface area contributed by atoms with Crippen LogP contribution in [0, 0.1) is 0 Å². The minimum absolute atomic E-state index is 1.18. The molecule has 0 bridgehead atoms. The number of rotatable bonds is 0. The molecule has 84 valence electrons. The van der Waals surface area contributed by atoms with Gasteiger partial charge in [0, 0.05) is 23.6 Å². The van der Waals surface area contributed by atoms with Gasteiger partial charge in [0.1, 0.15) is 0 Å². The molecule has 2 aromatic rings. The van der Waals surface area contributed by atoms with Crippen LogP contribution in [0.1, 0.15) is 31.5 Å². The van der Waals surface area contributed by atoms with Gasteiger partial charge < -0.3 is 4.57 Å². The topological polar surface area (TPSA) is 4.93 Å². The van der Waals surface area contributed by atoms with E-state index in [0.717, 1.165) is 0 Å². The van der Waals surface area contributed by atoms with E-state index in [4.69, 9.17) is 0 Å². The fourth-order valence-electron chi connectivity index (χ4n) is 2.39. The van der Waals surface area contributed by atoms with Crippen molar-refractivity contribution in [3.8, 4) is 0 Å². The largest absolute Gasteiger partial charge is 0.344 e. The van der Waals surface area contributed by atoms with Crippen LogP contribution in [-0.4, -0.2) is 4.57 Å². The smallest absolute Gasteiger partial charge is 0.0485 e. The number of aryl methyl sites for hydroxylation is 2. The van der Waals surface area contributed by atoms with Crippen LogP contribution < -0.4 is 0 Å². The molecule has 1 heteroatoms. The molecule has 0 saturated carbocycles. The molecule has 1 aromatic heterocycles. The van der Waals surface area contributed by atoms with Gasteiger partial charge in [0.2, 0.25) is 0 Å². The maximum absolute atomic E-state index is 2.29. The van der Waals surface area contributed by atoms with Crippen LogP contribution in [0.5, 0.6) is 0 Å². The van der Waals surface area contributed by atoms with Crippen molar-refractivity contribution in [1.82, 2.24) is 4.57 Å². The minimum atomic E-state index is 1.18. The zero-order chi connectivity index (χ0) is 11.5. The third-order valence-corrected chi connectivity index (χ3v) is 3.10. The molecule has 0 saturated heterocycles. The molecule has 0 unspecified atom stereocenters. The molecule has 0 spiro atoms. The molecule has 0 amide bonds. The Labute approximate surface area is 97.4 Å². The molecule has 1 aromatic carbocycles. The summed E-state index contributed by atoms with van der Waals surface area (Å²) >= 11 is 0. The second kappa shape index (κ2) is 4.56. The molecule has 1 nitrogen and oxygen atoms in total. The van der Waals surface area contributed by atoms with E-state index < -0.39 is 0 Å². The van der Waals surface area contributed by atoms with Gasteiger partial charge in [-0.1, -0.05) is 38.1 Å². The predicted molar refractivity (Wildman–Crippen MR) is 71.6 cm³/mol. The molecular weight excluding hydrogens is 194 g/mol. The summed E-state index contributed by atoms with van der Waals surface area (Å²) in [7, 11) is 2.15. The van der Waals surface area contributed by atoms with Crippen LogP contribution in [0.2, 0.25) is 0 Å². The van der Waals surface area contributed by atoms with Gasteiger partial charge in [-0.2, -0.15) is 0 Å². The van der Waals surface area contributed by atoms with E-state index in [0.29, 0.717) is 0 Å². The Hall–Kier alpha value is -1.50. The maximum atomic E-state index is 2.29. The van der Waals surface area contributed by atoms with Gasteiger partial charge in [-0.3, -0.25) is 0 Å². The summed E-state index contributed by atoms with van der Waals surface area (Å²) < 4.78 is 2.29. The number of fused-ring (bicyclic) bond motifs is 3. The fraction of sp³-hybridized carbons (Fsp3) is 0.333. The van der Waals surface area contributed by atoms with Gasteiger partial charge in [0.05, 0.1) is 0 Å². The quantitative estimate of drug-likeness (QED) is 0.619. The molecule has 16 heavy (non-hydrogen) atoms. The van der Waals surface area contributed by atoms with Gasteiger partial charge in [-0.25, -0.2) is 0 Å². The lowest BCUT2D eigenvalue weighted by Crippen LogP contribution is -1.96. The number of hydrogen-bond acceptors (Lipinski definition) is 0. The number of para-hydroxylation sites is 1. The summed E-state index contributed by atoms with van der Waals surface area (Å²) in [4.78, 5) is 0. The average Bonchev–Trinajstić information content (AvgIpc) is 2.67. The van der Waals surface area contributed by atoms with E-state index in [2.05, 4.69) is 48.0 Å². The second-order valence-electron chi connectivity index (χ2n) is 3.88. The lowest BCUT2D eigenvalue weighted by atomic mass is 10.0. The summed E-state index contributed by atoms with van der Waals surface area (Å²) in [6.45, 7) is 4.00. The Kier molecular flexibility index (Phi) is 3.14. The highest BCUT2D eigenvalue weighted by Gasteiger charge is 2.13. The maximum Gasteiger partial charge on any atom is 0.0485 e. The Morgan fingerprint density at radius 2 is 1.88 bits per heavy atom. The average molecular weight is 213 g/mol. The van der Waals surface area contributed by atoms with E-state index >= 15 is 0 Å². The Bertz CT molecular complexity index is 517. The first-order valence-electron chi connectivity index (χ1n) is 6.11. The van der Waals surface area contributed by atoms with Crippen LogP contribution in [0.4, 0.5) is 0 Å². The van der Waals surface area contributed by atoms with Crippen LogP contribution >= 0.6 is 0 Å². The van der Waals surface area contributed by atoms with Crippen molar-refractivity contribution in [2.24, 2.45) is 7.05 Å². The Morgan fingerprint density at radius 1 is 1.12 bits per heavy atom. The van der Waals surface area contributed by atoms with Crippen LogP contribution in [0.25, 0.3) is 17.0 Å². The number of allylic oxidation sites excluding steroid dienone is 1. The third-order valence-electron chi connectivity index (χ3n) is 3.10. The van der Waals surface area contributed by atoms with E-state index in [1.165, 1.54) is 35.0 Å². The number of benzene rings is 1. The van der Waals surface area contributed by atoms with Gasteiger partial charge in [-0.15, -0.1) is 0 Å². The number of nitrogens with zero attached hydrogens (tertiary/aromatic N) is 1. The molecule has 3 rings (SSSR count). The molecule has 1 aliphatic carbocycles. The summed E-state index contributed by atoms with van der Waals surface area (Å²) in [5.74, 6) is 0. The predicted octanol–water partition coefficient (Wildman–Crippen LogP) is 4.16. The van der Waals surface area contributed by atoms with Crippen molar-refractivity contribution in [2.75, 3.05) is 0 Å². The summed E-state index contributed by atoms with van der Waals surface area (Å²) in [5, 5.41) is 1.43. The molecule has 0 N–H and O–H groups in total. The first kappa shape index (κ1) is 11.0. The van der Waals surface area contributed by atoms with Crippen molar-refractivity contribution in [2.45, 2.75) is 26.7 Å². The molecule has 0 aliphatic heterocycles. The van der Waals surface area contributed by atoms with E-state index in [9.17, 15) is 0 Å². The third kappa shape index (κ3) is 1.57. The molecule has 0 radical (unpaired) electrons. The van der Waals surface area contributed by atoms with Gasteiger partial charge in [0.25, 0.3) is 0 Å². The summed E-state index contributed by atoms with van der Waals surface area (Å²) in [6, 6.07) is 8.66. The summed E-state index contributed by atoms with van der Waals surface area (Å²) in [5.41, 5.74) is 4.26. The van der Waals surface area contributed by atoms with E-state index in [1.807, 2.05) is 13.8 Å². The number of hydrogen-bond donors (Lipinski definition) is 0. The lowest BCUT2D eigenvalue weighted by molar-refractivity contribution is 0.908. The zero-order valence-corrected chi connectivity index (χ0v) is 10.3. The Balaban J connectivity index is 0.000000457. The van der Waals surface area contributed by atoms with Crippen molar-refractivity contribution >= 4 is 17.0 Å². The standard InChI is InChI=1S/C13H13N.C2H6/c1-14-12-8-4-2-6-10(12)11-7-3-5-9-13(11)14;1-2/h2,4-6,8-9H,3,7H2,1H3;1-2H3. The van der Waals surface area contributed by atoms with Crippen molar-refractivity contribution < 1.29 is 0 Å². The molecule has 1 heterocycles. The molecule has 0 fully saturated rings. The highest BCUT2D eigenvalue weighted by atomic mass is 14.9. The minimum Gasteiger partial charge on any atom is -0.344 e. The van der Waals surface area contributed by atoms with E-state index in [1.54, 1.807) is 0 Å². The van der Waals surface area contributed by atoms with Crippen LogP contribution in [0.15, 0.2) is 30.3 Å². The number of aromatic nitrogens is 1. The highest BCUT2D eigenvalue weighted by molar-refractivity contribution is 5.88. The first-order valence-corrected chi connectivity index (χ1v) is 6.11. The summed E-state index contributed by atoms with van der Waals surface area (Å²) in [6.07, 6.45) is 6.88. The van der Waals surface area contributed by atoms with Gasteiger partial charge in [0.15, 0.2) is 0 Å². The highest BCUT2D eigenvalue weighted by Crippen LogP contribution is 2.29. The van der Waals surface area contributed by atoms with Gasteiger partial charge in [-0.05, 0) is 30.5 Å². The lowest BCUT2D eigenvalue weighted by Gasteiger charge is -2.06. The SMILES string of the molecule is CC.Cn1c2c(c3ccccc31)CCC=C2. The van der Waals surface area contributed by atoms with Crippen molar-refractivity contribution in [3.05, 3.63) is 41.6 Å². The fourth-order valence-corrected chi connectivity index (χ4v) is 2.39. The second-order valence-corrected chi connectivity index (χ2v) is 3.88. The van der Waals surface area contributed by atoms with Crippen molar-refractivity contribution in [3.63, 3.8) is 0 Å². The molecular formula is C15H19N. The molecule has 1 aliphatic rings. The zero-order valence-electron chi connectivity index (χ0n) is 10.3. The van der Waals surface area contributed by atoms with E-state index in [-0.39, 0.29) is 0 Å². The first-order chi connectivity index (χ1) is 7.88. The van der Waals surface area contributed by atoms with Crippen LogP contribution in [0.3, 0.4) is 0 Å². The van der Waals surface area contributed by atoms with Crippen LogP contribution in [-0.2, 0) is 13.5 Å². The van der Waals surface area contributed by atoms with Crippen molar-refractivity contribution in [1.29, 1.82) is 0 Å².